The fraction of sp³-hybridized carbons (Fsp3) is 0.111. The molecule has 4 aromatic carbocycles. The van der Waals surface area contributed by atoms with E-state index in [9.17, 15) is 10.3 Å². The van der Waals surface area contributed by atoms with Crippen LogP contribution in [0.1, 0.15) is 28.8 Å². The second kappa shape index (κ2) is 8.99. The number of nitrogens with zero attached hydrogens (tertiary/aromatic N) is 4. The number of hydrogen-bond acceptors (Lipinski definition) is 4. The minimum Gasteiger partial charge on any atom is -0.454 e. The van der Waals surface area contributed by atoms with Crippen molar-refractivity contribution in [2.24, 2.45) is 10.1 Å². The molecule has 0 bridgehead atoms. The van der Waals surface area contributed by atoms with Crippen molar-refractivity contribution in [2.75, 3.05) is 0 Å². The second-order valence-corrected chi connectivity index (χ2v) is 7.83. The lowest BCUT2D eigenvalue weighted by atomic mass is 9.90. The van der Waals surface area contributed by atoms with E-state index in [2.05, 4.69) is 10.0 Å². The van der Waals surface area contributed by atoms with Crippen LogP contribution in [0.25, 0.3) is 21.2 Å². The summed E-state index contributed by atoms with van der Waals surface area (Å²) >= 11 is 0. The van der Waals surface area contributed by atoms with E-state index < -0.39 is 24.2 Å². The van der Waals surface area contributed by atoms with Gasteiger partial charge in [-0.3, -0.25) is 4.99 Å². The average molecular weight is 432 g/mol. The van der Waals surface area contributed by atoms with Gasteiger partial charge in [0.1, 0.15) is 18.2 Å². The molecule has 0 saturated carbocycles. The number of hydrogen-bond donors (Lipinski definition) is 0. The Labute approximate surface area is 190 Å². The van der Waals surface area contributed by atoms with Crippen molar-refractivity contribution in [3.8, 4) is 0 Å². The van der Waals surface area contributed by atoms with Gasteiger partial charge in [-0.2, -0.15) is 0 Å². The number of aliphatic imine (C=N–C) groups is 1. The van der Waals surface area contributed by atoms with Crippen LogP contribution in [-0.2, 0) is 9.53 Å². The van der Waals surface area contributed by atoms with Crippen LogP contribution in [0, 0.1) is 0 Å². The van der Waals surface area contributed by atoms with Crippen LogP contribution >= 0.6 is 0 Å². The number of esters is 1. The molecule has 0 spiro atoms. The van der Waals surface area contributed by atoms with E-state index in [1.165, 1.54) is 0 Å². The molecule has 0 unspecified atom stereocenters. The third-order valence-corrected chi connectivity index (χ3v) is 5.81. The molecule has 1 aliphatic heterocycles. The van der Waals surface area contributed by atoms with Crippen LogP contribution < -0.4 is 0 Å². The van der Waals surface area contributed by atoms with Crippen LogP contribution in [0.2, 0.25) is 0 Å². The Bertz CT molecular complexity index is 1380. The van der Waals surface area contributed by atoms with Crippen molar-refractivity contribution in [1.29, 1.82) is 0 Å². The van der Waals surface area contributed by atoms with E-state index in [1.807, 2.05) is 103 Å². The highest BCUT2D eigenvalue weighted by Crippen LogP contribution is 2.38. The number of carbonyl (C=O) groups is 1. The first-order valence-electron chi connectivity index (χ1n) is 10.7. The molecule has 1 aliphatic rings. The Morgan fingerprint density at radius 1 is 0.848 bits per heavy atom. The maximum absolute atomic E-state index is 13.2. The highest BCUT2D eigenvalue weighted by molar-refractivity contribution is 6.44. The summed E-state index contributed by atoms with van der Waals surface area (Å²) < 4.78 is 5.97. The molecule has 160 valence electrons. The molecule has 0 aromatic heterocycles. The van der Waals surface area contributed by atoms with Crippen LogP contribution in [0.5, 0.6) is 0 Å². The highest BCUT2D eigenvalue weighted by Gasteiger charge is 2.40. The lowest BCUT2D eigenvalue weighted by Crippen LogP contribution is -2.38. The topological polar surface area (TPSA) is 87.4 Å². The third kappa shape index (κ3) is 4.07. The summed E-state index contributed by atoms with van der Waals surface area (Å²) in [5, 5.41) is 6.09. The van der Waals surface area contributed by atoms with Gasteiger partial charge in [0.05, 0.1) is 0 Å². The summed E-state index contributed by atoms with van der Waals surface area (Å²) in [4.78, 5) is 21.1. The maximum Gasteiger partial charge on any atom is 0.357 e. The molecule has 0 fully saturated rings. The number of fused-ring (bicyclic) bond motifs is 1. The smallest absolute Gasteiger partial charge is 0.357 e. The predicted octanol–water partition coefficient (Wildman–Crippen LogP) is 6.35. The Hall–Kier alpha value is -4.41. The van der Waals surface area contributed by atoms with Gasteiger partial charge in [0.15, 0.2) is 5.71 Å². The Balaban J connectivity index is 1.63. The van der Waals surface area contributed by atoms with E-state index in [0.29, 0.717) is 5.56 Å². The lowest BCUT2D eigenvalue weighted by molar-refractivity contribution is -0.144. The third-order valence-electron chi connectivity index (χ3n) is 5.81. The summed E-state index contributed by atoms with van der Waals surface area (Å²) in [6.07, 6.45) is -0.776. The fourth-order valence-electron chi connectivity index (χ4n) is 4.22. The summed E-state index contributed by atoms with van der Waals surface area (Å²) in [5.74, 6) is -0.531. The Kier molecular flexibility index (Phi) is 5.58. The van der Waals surface area contributed by atoms with Gasteiger partial charge in [0.2, 0.25) is 0 Å². The molecular formula is C27H20N4O2. The highest BCUT2D eigenvalue weighted by atomic mass is 16.5. The normalized spacial score (nSPS) is 18.7. The van der Waals surface area contributed by atoms with E-state index in [1.54, 1.807) is 0 Å². The van der Waals surface area contributed by atoms with Crippen LogP contribution in [-0.4, -0.2) is 17.8 Å². The van der Waals surface area contributed by atoms with Crippen molar-refractivity contribution < 1.29 is 9.53 Å². The molecule has 33 heavy (non-hydrogen) atoms. The molecule has 0 N–H and O–H groups in total. The zero-order valence-electron chi connectivity index (χ0n) is 17.7. The number of carbonyl (C=O) groups excluding carboxylic acids is 1. The molecule has 6 heteroatoms. The van der Waals surface area contributed by atoms with Gasteiger partial charge in [-0.05, 0) is 33.5 Å². The van der Waals surface area contributed by atoms with Gasteiger partial charge >= 0.3 is 5.97 Å². The molecule has 0 radical (unpaired) electrons. The van der Waals surface area contributed by atoms with Crippen molar-refractivity contribution >= 4 is 22.5 Å². The average Bonchev–Trinajstić information content (AvgIpc) is 2.88. The molecule has 0 aliphatic carbocycles. The number of rotatable bonds is 5. The van der Waals surface area contributed by atoms with Gasteiger partial charge in [0.25, 0.3) is 0 Å². The number of azide groups is 1. The maximum atomic E-state index is 13.2. The molecule has 0 saturated heterocycles. The second-order valence-electron chi connectivity index (χ2n) is 7.83. The predicted molar refractivity (Wildman–Crippen MR) is 128 cm³/mol. The molecule has 3 atom stereocenters. The largest absolute Gasteiger partial charge is 0.454 e. The van der Waals surface area contributed by atoms with Gasteiger partial charge in [-0.1, -0.05) is 102 Å². The Morgan fingerprint density at radius 3 is 2.24 bits per heavy atom. The van der Waals surface area contributed by atoms with Gasteiger partial charge in [-0.15, -0.1) is 0 Å². The SMILES string of the molecule is [N-]=[N+]=N[C@@H](c1ccccc1)[C@@H]1OC(=O)C(c2ccc3ccccc3c2)=N[C@@H]1c1ccccc1. The van der Waals surface area contributed by atoms with E-state index >= 15 is 0 Å². The standard InChI is InChI=1S/C27H20N4O2/c28-31-30-24(20-12-5-2-6-13-20)26-23(19-10-3-1-4-11-19)29-25(27(32)33-26)22-16-15-18-9-7-8-14-21(18)17-22/h1-17,23-24,26H/t23-,24+,26-/m1/s1. The van der Waals surface area contributed by atoms with Crippen LogP contribution in [0.3, 0.4) is 0 Å². The summed E-state index contributed by atoms with van der Waals surface area (Å²) in [5.41, 5.74) is 11.9. The molecule has 1 heterocycles. The first-order valence-corrected chi connectivity index (χ1v) is 10.7. The van der Waals surface area contributed by atoms with Crippen molar-refractivity contribution in [2.45, 2.75) is 18.2 Å². The van der Waals surface area contributed by atoms with Crippen LogP contribution in [0.4, 0.5) is 0 Å². The molecule has 5 rings (SSSR count). The van der Waals surface area contributed by atoms with Crippen molar-refractivity contribution in [1.82, 2.24) is 0 Å². The molecule has 4 aromatic rings. The van der Waals surface area contributed by atoms with E-state index in [0.717, 1.165) is 21.9 Å². The number of benzene rings is 4. The monoisotopic (exact) mass is 432 g/mol. The fourth-order valence-corrected chi connectivity index (χ4v) is 4.22. The first kappa shape index (κ1) is 20.5. The lowest BCUT2D eigenvalue weighted by Gasteiger charge is -2.33. The summed E-state index contributed by atoms with van der Waals surface area (Å²) in [7, 11) is 0. The van der Waals surface area contributed by atoms with Gasteiger partial charge in [0, 0.05) is 10.5 Å². The zero-order chi connectivity index (χ0) is 22.6. The van der Waals surface area contributed by atoms with Crippen molar-refractivity contribution in [3.63, 3.8) is 0 Å². The summed E-state index contributed by atoms with van der Waals surface area (Å²) in [6, 6.07) is 31.5. The summed E-state index contributed by atoms with van der Waals surface area (Å²) in [6.45, 7) is 0. The van der Waals surface area contributed by atoms with Crippen molar-refractivity contribution in [3.05, 3.63) is 130 Å². The number of cyclic esters (lactones) is 1. The van der Waals surface area contributed by atoms with E-state index in [4.69, 9.17) is 9.73 Å². The Morgan fingerprint density at radius 2 is 1.52 bits per heavy atom. The number of ether oxygens (including phenoxy) is 1. The van der Waals surface area contributed by atoms with Gasteiger partial charge < -0.3 is 4.74 Å². The first-order chi connectivity index (χ1) is 16.2. The van der Waals surface area contributed by atoms with Gasteiger partial charge in [-0.25, -0.2) is 4.79 Å². The molecular weight excluding hydrogens is 412 g/mol. The molecule has 6 nitrogen and oxygen atoms in total. The minimum absolute atomic E-state index is 0.263. The zero-order valence-corrected chi connectivity index (χ0v) is 17.7. The molecule has 0 amide bonds. The minimum atomic E-state index is -0.776. The van der Waals surface area contributed by atoms with E-state index in [-0.39, 0.29) is 5.71 Å². The quantitative estimate of drug-likeness (QED) is 0.159. The van der Waals surface area contributed by atoms with Crippen LogP contribution in [0.15, 0.2) is 113 Å².